The molecule has 1 amide bonds. The van der Waals surface area contributed by atoms with E-state index in [9.17, 15) is 4.79 Å². The third kappa shape index (κ3) is 4.28. The van der Waals surface area contributed by atoms with Crippen molar-refractivity contribution >= 4 is 17.2 Å². The fraction of sp³-hybridized carbons (Fsp3) is 0.714. The van der Waals surface area contributed by atoms with Crippen LogP contribution in [0.5, 0.6) is 0 Å². The molecule has 0 aromatic carbocycles. The zero-order chi connectivity index (χ0) is 13.7. The molecule has 1 atom stereocenters. The fourth-order valence-electron chi connectivity index (χ4n) is 2.53. The van der Waals surface area contributed by atoms with Gasteiger partial charge in [0.2, 0.25) is 5.91 Å². The second-order valence-corrected chi connectivity index (χ2v) is 6.08. The summed E-state index contributed by atoms with van der Waals surface area (Å²) in [6.07, 6.45) is 4.21. The Morgan fingerprint density at radius 3 is 2.89 bits per heavy atom. The highest BCUT2D eigenvalue weighted by atomic mass is 32.1. The van der Waals surface area contributed by atoms with Crippen LogP contribution in [-0.2, 0) is 11.3 Å². The molecule has 1 aliphatic heterocycles. The topological polar surface area (TPSA) is 36.4 Å². The van der Waals surface area contributed by atoms with Crippen molar-refractivity contribution in [1.82, 2.24) is 14.8 Å². The summed E-state index contributed by atoms with van der Waals surface area (Å²) in [5.41, 5.74) is 2.79. The van der Waals surface area contributed by atoms with Crippen LogP contribution in [0.1, 0.15) is 38.3 Å². The van der Waals surface area contributed by atoms with Gasteiger partial charge in [-0.1, -0.05) is 0 Å². The zero-order valence-electron chi connectivity index (χ0n) is 11.8. The zero-order valence-corrected chi connectivity index (χ0v) is 12.7. The Balaban J connectivity index is 1.71. The van der Waals surface area contributed by atoms with Gasteiger partial charge in [0.25, 0.3) is 0 Å². The summed E-state index contributed by atoms with van der Waals surface area (Å²) in [6, 6.07) is 0.527. The van der Waals surface area contributed by atoms with Gasteiger partial charge in [0.15, 0.2) is 0 Å². The van der Waals surface area contributed by atoms with Crippen molar-refractivity contribution in [3.8, 4) is 0 Å². The molecule has 2 heterocycles. The summed E-state index contributed by atoms with van der Waals surface area (Å²) in [6.45, 7) is 5.26. The van der Waals surface area contributed by atoms with Gasteiger partial charge in [-0.15, -0.1) is 11.3 Å². The Bertz CT molecular complexity index is 387. The molecule has 106 valence electrons. The first-order valence-electron chi connectivity index (χ1n) is 7.02. The van der Waals surface area contributed by atoms with Gasteiger partial charge in [-0.2, -0.15) is 0 Å². The van der Waals surface area contributed by atoms with Gasteiger partial charge in [-0.3, -0.25) is 4.79 Å². The molecular formula is C14H23N3OS. The lowest BCUT2D eigenvalue weighted by Crippen LogP contribution is -2.32. The van der Waals surface area contributed by atoms with Crippen LogP contribution in [0.15, 0.2) is 10.9 Å². The van der Waals surface area contributed by atoms with E-state index in [1.807, 2.05) is 17.9 Å². The number of hydrogen-bond donors (Lipinski definition) is 0. The highest BCUT2D eigenvalue weighted by Gasteiger charge is 2.19. The number of carbonyl (C=O) groups excluding carboxylic acids is 1. The number of nitrogens with zero attached hydrogens (tertiary/aromatic N) is 3. The van der Waals surface area contributed by atoms with E-state index in [1.165, 1.54) is 25.9 Å². The molecule has 1 aromatic rings. The number of amides is 1. The van der Waals surface area contributed by atoms with Crippen LogP contribution >= 0.6 is 11.3 Å². The Morgan fingerprint density at radius 2 is 2.26 bits per heavy atom. The molecule has 0 radical (unpaired) electrons. The molecule has 0 N–H and O–H groups in total. The summed E-state index contributed by atoms with van der Waals surface area (Å²) in [5.74, 6) is 0.221. The minimum absolute atomic E-state index is 0.221. The van der Waals surface area contributed by atoms with Gasteiger partial charge < -0.3 is 9.80 Å². The van der Waals surface area contributed by atoms with Crippen molar-refractivity contribution in [2.45, 2.75) is 45.2 Å². The number of carbonyl (C=O) groups is 1. The molecule has 2 rings (SSSR count). The number of aromatic nitrogens is 1. The van der Waals surface area contributed by atoms with Gasteiger partial charge in [-0.05, 0) is 39.3 Å². The predicted octanol–water partition coefficient (Wildman–Crippen LogP) is 2.37. The second-order valence-electron chi connectivity index (χ2n) is 5.36. The normalized spacial score (nSPS) is 17.6. The Morgan fingerprint density at radius 1 is 1.53 bits per heavy atom. The van der Waals surface area contributed by atoms with Crippen LogP contribution in [-0.4, -0.2) is 46.9 Å². The number of likely N-dealkylation sites (tertiary alicyclic amines) is 1. The number of hydrogen-bond acceptors (Lipinski definition) is 4. The van der Waals surface area contributed by atoms with Crippen LogP contribution in [0.4, 0.5) is 0 Å². The second kappa shape index (κ2) is 7.01. The van der Waals surface area contributed by atoms with Crippen molar-refractivity contribution in [3.05, 3.63) is 16.6 Å². The standard InChI is InChI=1S/C14H23N3OS/c1-12(17-7-3-4-8-17)5-6-14(18)16(2)9-13-10-19-11-15-13/h10-12H,3-9H2,1-2H3. The van der Waals surface area contributed by atoms with Gasteiger partial charge in [0.1, 0.15) is 0 Å². The van der Waals surface area contributed by atoms with Crippen LogP contribution in [0.3, 0.4) is 0 Å². The van der Waals surface area contributed by atoms with Gasteiger partial charge in [-0.25, -0.2) is 4.98 Å². The smallest absolute Gasteiger partial charge is 0.222 e. The lowest BCUT2D eigenvalue weighted by molar-refractivity contribution is -0.130. The monoisotopic (exact) mass is 281 g/mol. The molecule has 1 fully saturated rings. The SMILES string of the molecule is CC(CCC(=O)N(C)Cc1cscn1)N1CCCC1. The summed E-state index contributed by atoms with van der Waals surface area (Å²) < 4.78 is 0. The van der Waals surface area contributed by atoms with E-state index in [4.69, 9.17) is 0 Å². The van der Waals surface area contributed by atoms with E-state index < -0.39 is 0 Å². The largest absolute Gasteiger partial charge is 0.340 e. The van der Waals surface area contributed by atoms with Crippen LogP contribution in [0.2, 0.25) is 0 Å². The molecular weight excluding hydrogens is 258 g/mol. The first-order chi connectivity index (χ1) is 9.16. The molecule has 0 bridgehead atoms. The molecule has 1 unspecified atom stereocenters. The average Bonchev–Trinajstić information content (AvgIpc) is 3.07. The third-order valence-electron chi connectivity index (χ3n) is 3.85. The van der Waals surface area contributed by atoms with Crippen molar-refractivity contribution in [3.63, 3.8) is 0 Å². The van der Waals surface area contributed by atoms with E-state index in [0.717, 1.165) is 12.1 Å². The van der Waals surface area contributed by atoms with Crippen LogP contribution < -0.4 is 0 Å². The van der Waals surface area contributed by atoms with Crippen molar-refractivity contribution < 1.29 is 4.79 Å². The maximum Gasteiger partial charge on any atom is 0.222 e. The molecule has 0 saturated carbocycles. The average molecular weight is 281 g/mol. The first-order valence-corrected chi connectivity index (χ1v) is 7.96. The molecule has 0 spiro atoms. The van der Waals surface area contributed by atoms with Gasteiger partial charge >= 0.3 is 0 Å². The summed E-state index contributed by atoms with van der Waals surface area (Å²) in [7, 11) is 1.86. The van der Waals surface area contributed by atoms with Crippen LogP contribution in [0, 0.1) is 0 Å². The minimum Gasteiger partial charge on any atom is -0.340 e. The van der Waals surface area contributed by atoms with Crippen molar-refractivity contribution in [1.29, 1.82) is 0 Å². The molecule has 5 heteroatoms. The van der Waals surface area contributed by atoms with Crippen LogP contribution in [0.25, 0.3) is 0 Å². The van der Waals surface area contributed by atoms with E-state index >= 15 is 0 Å². The number of rotatable bonds is 6. The fourth-order valence-corrected chi connectivity index (χ4v) is 3.08. The molecule has 19 heavy (non-hydrogen) atoms. The molecule has 1 aromatic heterocycles. The molecule has 0 aliphatic carbocycles. The third-order valence-corrected chi connectivity index (χ3v) is 4.48. The Labute approximate surface area is 119 Å². The summed E-state index contributed by atoms with van der Waals surface area (Å²) in [5, 5.41) is 2.00. The summed E-state index contributed by atoms with van der Waals surface area (Å²) >= 11 is 1.57. The molecule has 1 aliphatic rings. The number of thiazole rings is 1. The van der Waals surface area contributed by atoms with Gasteiger partial charge in [0.05, 0.1) is 17.7 Å². The maximum atomic E-state index is 12.1. The van der Waals surface area contributed by atoms with Crippen molar-refractivity contribution in [2.75, 3.05) is 20.1 Å². The molecule has 1 saturated heterocycles. The van der Waals surface area contributed by atoms with E-state index in [0.29, 0.717) is 19.0 Å². The van der Waals surface area contributed by atoms with E-state index in [-0.39, 0.29) is 5.91 Å². The summed E-state index contributed by atoms with van der Waals surface area (Å²) in [4.78, 5) is 20.6. The lowest BCUT2D eigenvalue weighted by Gasteiger charge is -2.24. The first kappa shape index (κ1) is 14.5. The van der Waals surface area contributed by atoms with Crippen molar-refractivity contribution in [2.24, 2.45) is 0 Å². The van der Waals surface area contributed by atoms with E-state index in [1.54, 1.807) is 16.2 Å². The minimum atomic E-state index is 0.221. The maximum absolute atomic E-state index is 12.1. The highest BCUT2D eigenvalue weighted by molar-refractivity contribution is 7.07. The molecule has 4 nitrogen and oxygen atoms in total. The van der Waals surface area contributed by atoms with Gasteiger partial charge in [0, 0.05) is 24.9 Å². The van der Waals surface area contributed by atoms with E-state index in [2.05, 4.69) is 16.8 Å². The predicted molar refractivity (Wildman–Crippen MR) is 78.1 cm³/mol. The Kier molecular flexibility index (Phi) is 5.34. The quantitative estimate of drug-likeness (QED) is 0.803. The Hall–Kier alpha value is -0.940. The highest BCUT2D eigenvalue weighted by Crippen LogP contribution is 2.15. The lowest BCUT2D eigenvalue weighted by atomic mass is 10.1.